The van der Waals surface area contributed by atoms with E-state index in [1.807, 2.05) is 13.0 Å². The molecule has 126 valence electrons. The van der Waals surface area contributed by atoms with Crippen LogP contribution >= 0.6 is 11.6 Å². The van der Waals surface area contributed by atoms with E-state index in [1.165, 1.54) is 21.3 Å². The number of fused-ring (bicyclic) bond motifs is 1. The molecule has 0 spiro atoms. The molecular formula is C16H16ClN3O3S. The van der Waals surface area contributed by atoms with Gasteiger partial charge in [0.15, 0.2) is 0 Å². The van der Waals surface area contributed by atoms with Crippen LogP contribution in [0.4, 0.5) is 5.69 Å². The summed E-state index contributed by atoms with van der Waals surface area (Å²) in [6.07, 6.45) is 0. The summed E-state index contributed by atoms with van der Waals surface area (Å²) in [6, 6.07) is 9.92. The highest BCUT2D eigenvalue weighted by Gasteiger charge is 2.21. The lowest BCUT2D eigenvalue weighted by Crippen LogP contribution is -2.19. The SMILES string of the molecule is Cc1cccc(NS(=O)(=O)c2cc3c(cc2Cl)n(C)c(=O)n3C)c1. The summed E-state index contributed by atoms with van der Waals surface area (Å²) < 4.78 is 30.7. The van der Waals surface area contributed by atoms with Gasteiger partial charge in [-0.25, -0.2) is 13.2 Å². The van der Waals surface area contributed by atoms with Crippen molar-refractivity contribution in [1.82, 2.24) is 9.13 Å². The first kappa shape index (κ1) is 16.6. The Hall–Kier alpha value is -2.25. The minimum atomic E-state index is -3.88. The Kier molecular flexibility index (Phi) is 3.93. The smallest absolute Gasteiger partial charge is 0.295 e. The number of benzene rings is 2. The molecule has 3 aromatic rings. The molecule has 0 fully saturated rings. The second-order valence-corrected chi connectivity index (χ2v) is 7.70. The molecule has 24 heavy (non-hydrogen) atoms. The molecule has 0 aliphatic heterocycles. The number of hydrogen-bond acceptors (Lipinski definition) is 3. The van der Waals surface area contributed by atoms with E-state index in [1.54, 1.807) is 32.3 Å². The van der Waals surface area contributed by atoms with E-state index < -0.39 is 10.0 Å². The predicted octanol–water partition coefficient (Wildman–Crippen LogP) is 2.64. The molecule has 0 unspecified atom stereocenters. The number of hydrogen-bond donors (Lipinski definition) is 1. The summed E-state index contributed by atoms with van der Waals surface area (Å²) >= 11 is 6.18. The Morgan fingerprint density at radius 2 is 1.67 bits per heavy atom. The van der Waals surface area contributed by atoms with E-state index in [0.29, 0.717) is 16.7 Å². The minimum Gasteiger partial charge on any atom is -0.295 e. The van der Waals surface area contributed by atoms with Gasteiger partial charge in [-0.15, -0.1) is 0 Å². The van der Waals surface area contributed by atoms with Crippen LogP contribution in [0.2, 0.25) is 5.02 Å². The van der Waals surface area contributed by atoms with Crippen molar-refractivity contribution >= 4 is 38.3 Å². The van der Waals surface area contributed by atoms with E-state index >= 15 is 0 Å². The van der Waals surface area contributed by atoms with Gasteiger partial charge < -0.3 is 0 Å². The van der Waals surface area contributed by atoms with Crippen LogP contribution in [0.3, 0.4) is 0 Å². The Bertz CT molecular complexity index is 1110. The number of aryl methyl sites for hydroxylation is 3. The summed E-state index contributed by atoms with van der Waals surface area (Å²) in [5.41, 5.74) is 2.20. The second kappa shape index (κ2) is 5.68. The predicted molar refractivity (Wildman–Crippen MR) is 95.2 cm³/mol. The van der Waals surface area contributed by atoms with E-state index in [2.05, 4.69) is 4.72 Å². The van der Waals surface area contributed by atoms with Gasteiger partial charge in [0, 0.05) is 19.8 Å². The fraction of sp³-hybridized carbons (Fsp3) is 0.188. The van der Waals surface area contributed by atoms with Crippen LogP contribution in [0, 0.1) is 6.92 Å². The Balaban J connectivity index is 2.16. The second-order valence-electron chi connectivity index (χ2n) is 5.65. The first-order valence-corrected chi connectivity index (χ1v) is 9.01. The zero-order chi connectivity index (χ0) is 17.6. The van der Waals surface area contributed by atoms with Crippen molar-refractivity contribution in [2.24, 2.45) is 14.1 Å². The van der Waals surface area contributed by atoms with Gasteiger partial charge in [0.25, 0.3) is 10.0 Å². The van der Waals surface area contributed by atoms with Gasteiger partial charge in [-0.2, -0.15) is 0 Å². The molecule has 3 rings (SSSR count). The van der Waals surface area contributed by atoms with E-state index in [4.69, 9.17) is 11.6 Å². The maximum absolute atomic E-state index is 12.7. The van der Waals surface area contributed by atoms with E-state index in [9.17, 15) is 13.2 Å². The van der Waals surface area contributed by atoms with Gasteiger partial charge in [0.05, 0.1) is 16.1 Å². The summed E-state index contributed by atoms with van der Waals surface area (Å²) in [7, 11) is -0.682. The van der Waals surface area contributed by atoms with Crippen molar-refractivity contribution in [3.8, 4) is 0 Å². The van der Waals surface area contributed by atoms with Gasteiger partial charge >= 0.3 is 5.69 Å². The highest BCUT2D eigenvalue weighted by atomic mass is 35.5. The zero-order valence-corrected chi connectivity index (χ0v) is 14.9. The molecule has 0 radical (unpaired) electrons. The summed E-state index contributed by atoms with van der Waals surface area (Å²) in [6.45, 7) is 1.87. The molecule has 1 N–H and O–H groups in total. The normalized spacial score (nSPS) is 11.8. The molecule has 0 aliphatic carbocycles. The zero-order valence-electron chi connectivity index (χ0n) is 13.4. The average molecular weight is 366 g/mol. The number of rotatable bonds is 3. The molecule has 0 amide bonds. The van der Waals surface area contributed by atoms with Crippen LogP contribution in [0.15, 0.2) is 46.1 Å². The highest BCUT2D eigenvalue weighted by Crippen LogP contribution is 2.28. The molecule has 1 aromatic heterocycles. The van der Waals surface area contributed by atoms with Crippen LogP contribution in [-0.2, 0) is 24.1 Å². The van der Waals surface area contributed by atoms with Gasteiger partial charge in [0.2, 0.25) is 0 Å². The number of halogens is 1. The van der Waals surface area contributed by atoms with Crippen LogP contribution in [0.1, 0.15) is 5.56 Å². The van der Waals surface area contributed by atoms with Crippen molar-refractivity contribution in [3.05, 3.63) is 57.5 Å². The van der Waals surface area contributed by atoms with E-state index in [0.717, 1.165) is 5.56 Å². The first-order chi connectivity index (χ1) is 11.2. The van der Waals surface area contributed by atoms with Crippen molar-refractivity contribution in [3.63, 3.8) is 0 Å². The monoisotopic (exact) mass is 365 g/mol. The molecule has 0 saturated carbocycles. The van der Waals surface area contributed by atoms with Gasteiger partial charge in [-0.3, -0.25) is 13.9 Å². The van der Waals surface area contributed by atoms with Crippen molar-refractivity contribution in [2.75, 3.05) is 4.72 Å². The Morgan fingerprint density at radius 3 is 2.29 bits per heavy atom. The summed E-state index contributed by atoms with van der Waals surface area (Å²) in [5.74, 6) is 0. The summed E-state index contributed by atoms with van der Waals surface area (Å²) in [4.78, 5) is 11.9. The quantitative estimate of drug-likeness (QED) is 0.775. The van der Waals surface area contributed by atoms with Crippen molar-refractivity contribution < 1.29 is 8.42 Å². The standard InChI is InChI=1S/C16H16ClN3O3S/c1-10-5-4-6-11(7-10)18-24(22,23)15-9-14-13(8-12(15)17)19(2)16(21)20(14)3/h4-9,18H,1-3H3. The van der Waals surface area contributed by atoms with Gasteiger partial charge in [-0.1, -0.05) is 23.7 Å². The topological polar surface area (TPSA) is 73.1 Å². The Labute approximate surface area is 144 Å². The maximum atomic E-state index is 12.7. The molecule has 8 heteroatoms. The third-order valence-electron chi connectivity index (χ3n) is 3.89. The number of nitrogens with one attached hydrogen (secondary N) is 1. The minimum absolute atomic E-state index is 0.0591. The largest absolute Gasteiger partial charge is 0.328 e. The molecule has 6 nitrogen and oxygen atoms in total. The number of anilines is 1. The number of imidazole rings is 1. The number of nitrogens with zero attached hydrogens (tertiary/aromatic N) is 2. The molecule has 0 saturated heterocycles. The molecule has 2 aromatic carbocycles. The lowest BCUT2D eigenvalue weighted by molar-refractivity contribution is 0.601. The third-order valence-corrected chi connectivity index (χ3v) is 5.73. The van der Waals surface area contributed by atoms with Gasteiger partial charge in [0.1, 0.15) is 4.90 Å². The lowest BCUT2D eigenvalue weighted by Gasteiger charge is -2.11. The van der Waals surface area contributed by atoms with Crippen molar-refractivity contribution in [2.45, 2.75) is 11.8 Å². The van der Waals surface area contributed by atoms with Crippen LogP contribution in [0.5, 0.6) is 0 Å². The maximum Gasteiger partial charge on any atom is 0.328 e. The average Bonchev–Trinajstić information content (AvgIpc) is 2.70. The first-order valence-electron chi connectivity index (χ1n) is 7.15. The number of sulfonamides is 1. The number of aromatic nitrogens is 2. The highest BCUT2D eigenvalue weighted by molar-refractivity contribution is 7.92. The third kappa shape index (κ3) is 2.70. The molecule has 0 aliphatic rings. The molecular weight excluding hydrogens is 350 g/mol. The van der Waals surface area contributed by atoms with Crippen molar-refractivity contribution in [1.29, 1.82) is 0 Å². The van der Waals surface area contributed by atoms with Crippen LogP contribution in [0.25, 0.3) is 11.0 Å². The van der Waals surface area contributed by atoms with E-state index in [-0.39, 0.29) is 15.6 Å². The fourth-order valence-electron chi connectivity index (χ4n) is 2.63. The summed E-state index contributed by atoms with van der Waals surface area (Å²) in [5, 5.41) is 0.0591. The molecule has 0 atom stereocenters. The molecule has 1 heterocycles. The Morgan fingerprint density at radius 1 is 1.04 bits per heavy atom. The lowest BCUT2D eigenvalue weighted by atomic mass is 10.2. The van der Waals surface area contributed by atoms with Crippen LogP contribution < -0.4 is 10.4 Å². The van der Waals surface area contributed by atoms with Crippen LogP contribution in [-0.4, -0.2) is 17.6 Å². The molecule has 0 bridgehead atoms. The fourth-order valence-corrected chi connectivity index (χ4v) is 4.22. The van der Waals surface area contributed by atoms with Gasteiger partial charge in [-0.05, 0) is 36.8 Å².